The zero-order chi connectivity index (χ0) is 13.1. The van der Waals surface area contributed by atoms with Crippen molar-refractivity contribution < 1.29 is 9.47 Å². The first-order valence-corrected chi connectivity index (χ1v) is 7.17. The molecule has 0 radical (unpaired) electrons. The molecule has 2 heteroatoms. The van der Waals surface area contributed by atoms with Gasteiger partial charge in [0.1, 0.15) is 6.10 Å². The van der Waals surface area contributed by atoms with Crippen LogP contribution in [-0.4, -0.2) is 18.5 Å². The number of rotatable bonds is 2. The Morgan fingerprint density at radius 1 is 1.39 bits per heavy atom. The Bertz CT molecular complexity index is 394. The fourth-order valence-corrected chi connectivity index (χ4v) is 4.84. The van der Waals surface area contributed by atoms with E-state index in [2.05, 4.69) is 26.7 Å². The maximum absolute atomic E-state index is 6.21. The van der Waals surface area contributed by atoms with E-state index >= 15 is 0 Å². The molecule has 0 aromatic heterocycles. The molecule has 1 heterocycles. The van der Waals surface area contributed by atoms with Gasteiger partial charge in [-0.3, -0.25) is 0 Å². The lowest BCUT2D eigenvalue weighted by Crippen LogP contribution is -2.38. The maximum Gasteiger partial charge on any atom is 0.160 e. The molecular formula is C16H24O2. The summed E-state index contributed by atoms with van der Waals surface area (Å²) in [6, 6.07) is 0. The van der Waals surface area contributed by atoms with Crippen LogP contribution < -0.4 is 0 Å². The molecule has 2 bridgehead atoms. The lowest BCUT2D eigenvalue weighted by molar-refractivity contribution is -0.173. The molecule has 3 fully saturated rings. The number of ether oxygens (including phenoxy) is 2. The van der Waals surface area contributed by atoms with Crippen LogP contribution in [-0.2, 0) is 9.47 Å². The third-order valence-corrected chi connectivity index (χ3v) is 6.26. The van der Waals surface area contributed by atoms with Gasteiger partial charge < -0.3 is 9.47 Å². The molecule has 100 valence electrons. The molecule has 2 aliphatic carbocycles. The summed E-state index contributed by atoms with van der Waals surface area (Å²) < 4.78 is 12.0. The predicted octanol–water partition coefficient (Wildman–Crippen LogP) is 3.21. The Morgan fingerprint density at radius 3 is 2.72 bits per heavy atom. The Balaban J connectivity index is 1.77. The highest BCUT2D eigenvalue weighted by molar-refractivity contribution is 5.16. The average molecular weight is 248 g/mol. The van der Waals surface area contributed by atoms with Crippen LogP contribution in [0.25, 0.3) is 0 Å². The molecular weight excluding hydrogens is 224 g/mol. The van der Waals surface area contributed by atoms with Gasteiger partial charge in [0.05, 0.1) is 6.10 Å². The van der Waals surface area contributed by atoms with Crippen molar-refractivity contribution in [3.8, 4) is 12.3 Å². The summed E-state index contributed by atoms with van der Waals surface area (Å²) in [5, 5.41) is 0. The van der Waals surface area contributed by atoms with Gasteiger partial charge >= 0.3 is 0 Å². The summed E-state index contributed by atoms with van der Waals surface area (Å²) >= 11 is 0. The zero-order valence-corrected chi connectivity index (χ0v) is 11.9. The van der Waals surface area contributed by atoms with E-state index in [0.29, 0.717) is 22.9 Å². The molecule has 2 saturated carbocycles. The van der Waals surface area contributed by atoms with Gasteiger partial charge in [0.25, 0.3) is 0 Å². The third-order valence-electron chi connectivity index (χ3n) is 6.26. The predicted molar refractivity (Wildman–Crippen MR) is 70.8 cm³/mol. The van der Waals surface area contributed by atoms with Gasteiger partial charge in [-0.05, 0) is 42.4 Å². The van der Waals surface area contributed by atoms with Crippen LogP contribution in [0.5, 0.6) is 0 Å². The number of terminal acetylenes is 1. The van der Waals surface area contributed by atoms with Crippen LogP contribution in [0.15, 0.2) is 0 Å². The molecule has 1 aliphatic heterocycles. The Morgan fingerprint density at radius 2 is 2.11 bits per heavy atom. The average Bonchev–Trinajstić information content (AvgIpc) is 2.85. The Hall–Kier alpha value is -0.520. The minimum Gasteiger partial charge on any atom is -0.348 e. The number of hydrogen-bond acceptors (Lipinski definition) is 2. The highest BCUT2D eigenvalue weighted by Gasteiger charge is 2.69. The molecule has 0 unspecified atom stereocenters. The molecule has 0 amide bonds. The SMILES string of the molecule is C#C[C@H](C)O[C@H]1C[C@@H]2[C@H]3CC[C@@](C)([C@@H]2O1)C3(C)C. The van der Waals surface area contributed by atoms with Crippen LogP contribution in [0.3, 0.4) is 0 Å². The highest BCUT2D eigenvalue weighted by atomic mass is 16.7. The van der Waals surface area contributed by atoms with Crippen molar-refractivity contribution in [2.24, 2.45) is 22.7 Å². The number of fused-ring (bicyclic) bond motifs is 5. The molecule has 3 aliphatic rings. The largest absolute Gasteiger partial charge is 0.348 e. The highest BCUT2D eigenvalue weighted by Crippen LogP contribution is 2.71. The van der Waals surface area contributed by atoms with Gasteiger partial charge in [-0.25, -0.2) is 0 Å². The third kappa shape index (κ3) is 1.38. The van der Waals surface area contributed by atoms with E-state index in [9.17, 15) is 0 Å². The lowest BCUT2D eigenvalue weighted by atomic mass is 9.70. The minimum atomic E-state index is -0.146. The summed E-state index contributed by atoms with van der Waals surface area (Å²) in [7, 11) is 0. The Kier molecular flexibility index (Phi) is 2.60. The topological polar surface area (TPSA) is 18.5 Å². The fraction of sp³-hybridized carbons (Fsp3) is 0.875. The van der Waals surface area contributed by atoms with Crippen molar-refractivity contribution in [1.29, 1.82) is 0 Å². The summed E-state index contributed by atoms with van der Waals surface area (Å²) in [4.78, 5) is 0. The van der Waals surface area contributed by atoms with Crippen LogP contribution in [0.4, 0.5) is 0 Å². The van der Waals surface area contributed by atoms with E-state index < -0.39 is 0 Å². The van der Waals surface area contributed by atoms with Crippen molar-refractivity contribution >= 4 is 0 Å². The van der Waals surface area contributed by atoms with Gasteiger partial charge in [-0.15, -0.1) is 6.42 Å². The van der Waals surface area contributed by atoms with Gasteiger partial charge in [-0.2, -0.15) is 0 Å². The molecule has 18 heavy (non-hydrogen) atoms. The summed E-state index contributed by atoms with van der Waals surface area (Å²) in [5.74, 6) is 4.09. The van der Waals surface area contributed by atoms with Crippen molar-refractivity contribution in [3.05, 3.63) is 0 Å². The molecule has 0 aromatic rings. The second-order valence-corrected chi connectivity index (χ2v) is 7.12. The first-order valence-electron chi connectivity index (χ1n) is 7.17. The second kappa shape index (κ2) is 3.74. The van der Waals surface area contributed by atoms with Crippen LogP contribution in [0.1, 0.15) is 47.0 Å². The van der Waals surface area contributed by atoms with Crippen molar-refractivity contribution in [3.63, 3.8) is 0 Å². The van der Waals surface area contributed by atoms with Crippen LogP contribution in [0.2, 0.25) is 0 Å². The van der Waals surface area contributed by atoms with Crippen LogP contribution >= 0.6 is 0 Å². The second-order valence-electron chi connectivity index (χ2n) is 7.12. The van der Waals surface area contributed by atoms with Gasteiger partial charge in [0, 0.05) is 6.42 Å². The molecule has 1 saturated heterocycles. The van der Waals surface area contributed by atoms with Crippen LogP contribution in [0, 0.1) is 35.0 Å². The first kappa shape index (κ1) is 12.5. The summed E-state index contributed by atoms with van der Waals surface area (Å²) in [5.41, 5.74) is 0.727. The first-order chi connectivity index (χ1) is 8.40. The summed E-state index contributed by atoms with van der Waals surface area (Å²) in [6.07, 6.45) is 9.20. The lowest BCUT2D eigenvalue weighted by Gasteiger charge is -2.38. The minimum absolute atomic E-state index is 0.0814. The van der Waals surface area contributed by atoms with Crippen molar-refractivity contribution in [2.45, 2.75) is 65.5 Å². The molecule has 0 spiro atoms. The van der Waals surface area contributed by atoms with Gasteiger partial charge in [-0.1, -0.05) is 26.7 Å². The standard InChI is InChI=1S/C16H24O2/c1-6-10(2)17-13-9-11-12-7-8-16(5,14(11)18-13)15(12,3)4/h1,10-14H,7-9H2,2-5H3/t10-,11+,12+,13+,14+,16-/m0/s1. The molecule has 3 rings (SSSR count). The van der Waals surface area contributed by atoms with E-state index in [1.807, 2.05) is 6.92 Å². The van der Waals surface area contributed by atoms with E-state index in [-0.39, 0.29) is 12.4 Å². The number of hydrogen-bond donors (Lipinski definition) is 0. The summed E-state index contributed by atoms with van der Waals surface area (Å²) in [6.45, 7) is 9.17. The van der Waals surface area contributed by atoms with Crippen molar-refractivity contribution in [1.82, 2.24) is 0 Å². The normalized spacial score (nSPS) is 49.9. The van der Waals surface area contributed by atoms with Crippen molar-refractivity contribution in [2.75, 3.05) is 0 Å². The quantitative estimate of drug-likeness (QED) is 0.699. The Labute approximate surface area is 110 Å². The molecule has 0 aromatic carbocycles. The molecule has 6 atom stereocenters. The fourth-order valence-electron chi connectivity index (χ4n) is 4.84. The van der Waals surface area contributed by atoms with E-state index in [1.165, 1.54) is 12.8 Å². The van der Waals surface area contributed by atoms with E-state index in [1.54, 1.807) is 0 Å². The van der Waals surface area contributed by atoms with E-state index in [0.717, 1.165) is 12.3 Å². The zero-order valence-electron chi connectivity index (χ0n) is 11.9. The maximum atomic E-state index is 6.21. The smallest absolute Gasteiger partial charge is 0.160 e. The van der Waals surface area contributed by atoms with Gasteiger partial charge in [0.15, 0.2) is 6.29 Å². The van der Waals surface area contributed by atoms with E-state index in [4.69, 9.17) is 15.9 Å². The molecule has 2 nitrogen and oxygen atoms in total. The monoisotopic (exact) mass is 248 g/mol. The molecule has 0 N–H and O–H groups in total. The van der Waals surface area contributed by atoms with Gasteiger partial charge in [0.2, 0.25) is 0 Å².